The fraction of sp³-hybridized carbons (Fsp3) is 0.269. The number of nitrogens with zero attached hydrogens (tertiary/aromatic N) is 4. The van der Waals surface area contributed by atoms with E-state index in [1.165, 1.54) is 4.68 Å². The minimum atomic E-state index is -0.851. The summed E-state index contributed by atoms with van der Waals surface area (Å²) in [5.74, 6) is -0.879. The summed E-state index contributed by atoms with van der Waals surface area (Å²) in [7, 11) is 0. The zero-order chi connectivity index (χ0) is 25.1. The van der Waals surface area contributed by atoms with Crippen LogP contribution in [0.4, 0.5) is 5.69 Å². The minimum Gasteiger partial charge on any atom is -0.462 e. The topological polar surface area (TPSA) is 108 Å². The molecule has 4 rings (SSSR count). The van der Waals surface area contributed by atoms with Crippen LogP contribution in [0, 0.1) is 13.8 Å². The largest absolute Gasteiger partial charge is 0.462 e. The van der Waals surface area contributed by atoms with Crippen molar-refractivity contribution in [2.45, 2.75) is 40.2 Å². The molecular weight excluding hydrogens is 446 g/mol. The van der Waals surface area contributed by atoms with E-state index in [-0.39, 0.29) is 12.2 Å². The molecular formula is C26H27N5O4. The first kappa shape index (κ1) is 23.9. The lowest BCUT2D eigenvalue weighted by molar-refractivity contribution is -0.119. The molecule has 1 N–H and O–H groups in total. The molecule has 0 saturated heterocycles. The summed E-state index contributed by atoms with van der Waals surface area (Å²) in [6, 6.07) is 15.2. The van der Waals surface area contributed by atoms with Crippen LogP contribution in [0.2, 0.25) is 0 Å². The van der Waals surface area contributed by atoms with Gasteiger partial charge in [0.05, 0.1) is 34.6 Å². The number of ether oxygens (including phenoxy) is 1. The third kappa shape index (κ3) is 4.57. The summed E-state index contributed by atoms with van der Waals surface area (Å²) in [5.41, 5.74) is 2.93. The zero-order valence-electron chi connectivity index (χ0n) is 20.1. The van der Waals surface area contributed by atoms with E-state index in [9.17, 15) is 14.4 Å². The number of benzene rings is 2. The van der Waals surface area contributed by atoms with Gasteiger partial charge in [0.25, 0.3) is 5.56 Å². The first-order chi connectivity index (χ1) is 16.8. The van der Waals surface area contributed by atoms with Crippen LogP contribution in [0.5, 0.6) is 0 Å². The van der Waals surface area contributed by atoms with Gasteiger partial charge in [-0.3, -0.25) is 9.59 Å². The predicted octanol–water partition coefficient (Wildman–Crippen LogP) is 3.97. The van der Waals surface area contributed by atoms with Crippen LogP contribution in [0.1, 0.15) is 48.1 Å². The van der Waals surface area contributed by atoms with Gasteiger partial charge < -0.3 is 10.1 Å². The number of aromatic nitrogens is 4. The Kier molecular flexibility index (Phi) is 6.77. The molecule has 9 nitrogen and oxygen atoms in total. The molecule has 9 heteroatoms. The maximum absolute atomic E-state index is 13.5. The predicted molar refractivity (Wildman–Crippen MR) is 133 cm³/mol. The lowest BCUT2D eigenvalue weighted by Gasteiger charge is -2.17. The molecule has 2 aromatic heterocycles. The van der Waals surface area contributed by atoms with Crippen LogP contribution in [-0.2, 0) is 9.53 Å². The average molecular weight is 474 g/mol. The zero-order valence-corrected chi connectivity index (χ0v) is 20.1. The Morgan fingerprint density at radius 2 is 1.77 bits per heavy atom. The highest BCUT2D eigenvalue weighted by Crippen LogP contribution is 2.22. The van der Waals surface area contributed by atoms with E-state index < -0.39 is 17.9 Å². The van der Waals surface area contributed by atoms with Crippen molar-refractivity contribution in [2.24, 2.45) is 0 Å². The number of carbonyl (C=O) groups excluding carboxylic acids is 2. The quantitative estimate of drug-likeness (QED) is 0.407. The van der Waals surface area contributed by atoms with Crippen LogP contribution in [-0.4, -0.2) is 38.0 Å². The Labute approximate surface area is 202 Å². The van der Waals surface area contributed by atoms with E-state index in [1.54, 1.807) is 42.8 Å². The molecule has 180 valence electrons. The first-order valence-electron chi connectivity index (χ1n) is 11.5. The van der Waals surface area contributed by atoms with Crippen LogP contribution >= 0.6 is 0 Å². The number of fused-ring (bicyclic) bond motifs is 1. The van der Waals surface area contributed by atoms with Crippen molar-refractivity contribution in [3.8, 4) is 5.69 Å². The number of hydrogen-bond acceptors (Lipinski definition) is 6. The van der Waals surface area contributed by atoms with Crippen molar-refractivity contribution in [2.75, 3.05) is 11.9 Å². The average Bonchev–Trinajstić information content (AvgIpc) is 3.21. The molecule has 1 atom stereocenters. The number of aryl methyl sites for hydroxylation is 2. The second kappa shape index (κ2) is 9.92. The Bertz CT molecular complexity index is 1460. The molecule has 1 unspecified atom stereocenters. The maximum Gasteiger partial charge on any atom is 0.338 e. The summed E-state index contributed by atoms with van der Waals surface area (Å²) in [6.07, 6.45) is 0.340. The van der Waals surface area contributed by atoms with Crippen LogP contribution < -0.4 is 10.9 Å². The van der Waals surface area contributed by atoms with Gasteiger partial charge in [0.15, 0.2) is 0 Å². The van der Waals surface area contributed by atoms with Crippen molar-refractivity contribution in [3.05, 3.63) is 81.9 Å². The van der Waals surface area contributed by atoms with Gasteiger partial charge >= 0.3 is 5.97 Å². The van der Waals surface area contributed by atoms with Gasteiger partial charge in [-0.15, -0.1) is 0 Å². The van der Waals surface area contributed by atoms with Crippen molar-refractivity contribution < 1.29 is 14.3 Å². The van der Waals surface area contributed by atoms with Gasteiger partial charge in [0.1, 0.15) is 11.6 Å². The highest BCUT2D eigenvalue weighted by molar-refractivity contribution is 5.96. The van der Waals surface area contributed by atoms with E-state index in [4.69, 9.17) is 4.74 Å². The number of nitrogens with one attached hydrogen (secondary N) is 1. The smallest absolute Gasteiger partial charge is 0.338 e. The van der Waals surface area contributed by atoms with Crippen molar-refractivity contribution >= 4 is 28.5 Å². The SMILES string of the molecule is CCOC(=O)c1cccc(NC(=O)C(CC)n2nc(C)c3nn(-c4ccccc4)c(C)c3c2=O)c1. The lowest BCUT2D eigenvalue weighted by atomic mass is 10.1. The van der Waals surface area contributed by atoms with Gasteiger partial charge in [-0.2, -0.15) is 10.2 Å². The van der Waals surface area contributed by atoms with E-state index in [0.717, 1.165) is 5.69 Å². The summed E-state index contributed by atoms with van der Waals surface area (Å²) in [5, 5.41) is 12.3. The second-order valence-electron chi connectivity index (χ2n) is 8.11. The minimum absolute atomic E-state index is 0.254. The standard InChI is InChI=1S/C26H27N5O4/c1-5-21(24(32)27-19-12-10-11-18(15-19)26(34)35-6-2)31-25(33)22-17(4)30(20-13-8-7-9-14-20)29-23(22)16(3)28-31/h7-15,21H,5-6H2,1-4H3,(H,27,32). The van der Waals surface area contributed by atoms with Crippen LogP contribution in [0.15, 0.2) is 59.4 Å². The first-order valence-corrected chi connectivity index (χ1v) is 11.5. The Hall–Kier alpha value is -4.27. The Morgan fingerprint density at radius 1 is 1.03 bits per heavy atom. The molecule has 0 bridgehead atoms. The number of esters is 1. The molecule has 0 aliphatic rings. The molecule has 2 heterocycles. The van der Waals surface area contributed by atoms with E-state index in [2.05, 4.69) is 15.5 Å². The van der Waals surface area contributed by atoms with Crippen LogP contribution in [0.3, 0.4) is 0 Å². The second-order valence-corrected chi connectivity index (χ2v) is 8.11. The molecule has 0 aliphatic heterocycles. The number of hydrogen-bond donors (Lipinski definition) is 1. The number of amides is 1. The fourth-order valence-corrected chi connectivity index (χ4v) is 4.05. The van der Waals surface area contributed by atoms with E-state index in [0.29, 0.717) is 40.0 Å². The third-order valence-corrected chi connectivity index (χ3v) is 5.77. The van der Waals surface area contributed by atoms with E-state index in [1.807, 2.05) is 44.2 Å². The Balaban J connectivity index is 1.71. The molecule has 0 aliphatic carbocycles. The summed E-state index contributed by atoms with van der Waals surface area (Å²) < 4.78 is 7.97. The molecule has 4 aromatic rings. The number of rotatable bonds is 7. The maximum atomic E-state index is 13.5. The molecule has 0 fully saturated rings. The normalized spacial score (nSPS) is 11.9. The lowest BCUT2D eigenvalue weighted by Crippen LogP contribution is -2.35. The molecule has 0 radical (unpaired) electrons. The molecule has 35 heavy (non-hydrogen) atoms. The van der Waals surface area contributed by atoms with Gasteiger partial charge in [0.2, 0.25) is 5.91 Å². The molecule has 0 spiro atoms. The molecule has 1 amide bonds. The number of para-hydroxylation sites is 1. The molecule has 2 aromatic carbocycles. The summed E-state index contributed by atoms with van der Waals surface area (Å²) in [6.45, 7) is 7.39. The van der Waals surface area contributed by atoms with E-state index >= 15 is 0 Å². The van der Waals surface area contributed by atoms with Crippen molar-refractivity contribution in [1.82, 2.24) is 19.6 Å². The number of carbonyl (C=O) groups is 2. The van der Waals surface area contributed by atoms with Crippen LogP contribution in [0.25, 0.3) is 16.6 Å². The van der Waals surface area contributed by atoms with Gasteiger partial charge in [-0.1, -0.05) is 31.2 Å². The fourth-order valence-electron chi connectivity index (χ4n) is 4.05. The van der Waals surface area contributed by atoms with Gasteiger partial charge in [0, 0.05) is 5.69 Å². The highest BCUT2D eigenvalue weighted by atomic mass is 16.5. The Morgan fingerprint density at radius 3 is 2.46 bits per heavy atom. The van der Waals surface area contributed by atoms with Crippen molar-refractivity contribution in [1.29, 1.82) is 0 Å². The highest BCUT2D eigenvalue weighted by Gasteiger charge is 2.25. The third-order valence-electron chi connectivity index (χ3n) is 5.77. The molecule has 0 saturated carbocycles. The van der Waals surface area contributed by atoms with Crippen molar-refractivity contribution in [3.63, 3.8) is 0 Å². The summed E-state index contributed by atoms with van der Waals surface area (Å²) >= 11 is 0. The van der Waals surface area contributed by atoms with Gasteiger partial charge in [-0.25, -0.2) is 14.2 Å². The summed E-state index contributed by atoms with van der Waals surface area (Å²) in [4.78, 5) is 38.8. The van der Waals surface area contributed by atoms with Gasteiger partial charge in [-0.05, 0) is 57.5 Å². The monoisotopic (exact) mass is 473 g/mol. The number of anilines is 1.